The average molecular weight is 326 g/mol. The molecule has 1 aromatic rings. The highest BCUT2D eigenvalue weighted by atomic mass is 35.5. The monoisotopic (exact) mass is 325 g/mol. The second-order valence-electron chi connectivity index (χ2n) is 5.95. The molecule has 0 aromatic heterocycles. The van der Waals surface area contributed by atoms with E-state index in [0.717, 1.165) is 6.54 Å². The number of nitrogens with zero attached hydrogens (tertiary/aromatic N) is 2. The second-order valence-corrected chi connectivity index (χ2v) is 5.95. The minimum Gasteiger partial charge on any atom is -0.338 e. The van der Waals surface area contributed by atoms with Crippen LogP contribution in [0.3, 0.4) is 0 Å². The van der Waals surface area contributed by atoms with Gasteiger partial charge in [0.25, 0.3) is 0 Å². The van der Waals surface area contributed by atoms with Crippen molar-refractivity contribution in [3.63, 3.8) is 0 Å². The summed E-state index contributed by atoms with van der Waals surface area (Å²) >= 11 is 0. The molecule has 5 heteroatoms. The summed E-state index contributed by atoms with van der Waals surface area (Å²) in [5.74, 6) is 0.875. The van der Waals surface area contributed by atoms with E-state index in [0.29, 0.717) is 31.6 Å². The van der Waals surface area contributed by atoms with Gasteiger partial charge in [-0.3, -0.25) is 9.69 Å². The topological polar surface area (TPSA) is 49.6 Å². The van der Waals surface area contributed by atoms with Gasteiger partial charge < -0.3 is 10.6 Å². The highest BCUT2D eigenvalue weighted by molar-refractivity contribution is 5.85. The molecular weight excluding hydrogens is 298 g/mol. The lowest BCUT2D eigenvalue weighted by molar-refractivity contribution is -0.133. The fraction of sp³-hybridized carbons (Fsp3) is 0.588. The molecule has 0 radical (unpaired) electrons. The Morgan fingerprint density at radius 2 is 1.95 bits per heavy atom. The molecule has 1 amide bonds. The van der Waals surface area contributed by atoms with Crippen LogP contribution in [0, 0.1) is 5.92 Å². The van der Waals surface area contributed by atoms with Crippen LogP contribution < -0.4 is 5.73 Å². The van der Waals surface area contributed by atoms with E-state index >= 15 is 0 Å². The van der Waals surface area contributed by atoms with Crippen molar-refractivity contribution in [2.45, 2.75) is 32.4 Å². The van der Waals surface area contributed by atoms with E-state index in [1.54, 1.807) is 0 Å². The lowest BCUT2D eigenvalue weighted by Gasteiger charge is -2.29. The first-order valence-electron chi connectivity index (χ1n) is 7.87. The van der Waals surface area contributed by atoms with Gasteiger partial charge in [-0.1, -0.05) is 30.3 Å². The van der Waals surface area contributed by atoms with Gasteiger partial charge in [0, 0.05) is 25.7 Å². The van der Waals surface area contributed by atoms with Gasteiger partial charge in [-0.2, -0.15) is 0 Å². The van der Waals surface area contributed by atoms with Crippen molar-refractivity contribution in [1.82, 2.24) is 9.80 Å². The van der Waals surface area contributed by atoms with Gasteiger partial charge >= 0.3 is 0 Å². The number of benzene rings is 1. The van der Waals surface area contributed by atoms with Gasteiger partial charge in [-0.15, -0.1) is 12.4 Å². The predicted molar refractivity (Wildman–Crippen MR) is 93.0 cm³/mol. The molecule has 1 aliphatic rings. The smallest absolute Gasteiger partial charge is 0.237 e. The molecule has 1 aliphatic carbocycles. The van der Waals surface area contributed by atoms with Gasteiger partial charge in [0.05, 0.1) is 6.54 Å². The predicted octanol–water partition coefficient (Wildman–Crippen LogP) is 2.13. The molecule has 1 saturated carbocycles. The molecule has 2 rings (SSSR count). The van der Waals surface area contributed by atoms with Crippen LogP contribution in [0.2, 0.25) is 0 Å². The number of carbonyl (C=O) groups excluding carboxylic acids is 1. The maximum Gasteiger partial charge on any atom is 0.237 e. The Hall–Kier alpha value is -1.10. The van der Waals surface area contributed by atoms with Crippen molar-refractivity contribution in [3.8, 4) is 0 Å². The highest BCUT2D eigenvalue weighted by Crippen LogP contribution is 2.34. The summed E-state index contributed by atoms with van der Waals surface area (Å²) in [6, 6.07) is 10.5. The molecule has 0 saturated heterocycles. The Kier molecular flexibility index (Phi) is 7.87. The number of nitrogens with two attached hydrogens (primary N) is 1. The fourth-order valence-corrected chi connectivity index (χ4v) is 2.82. The Labute approximate surface area is 140 Å². The van der Waals surface area contributed by atoms with Crippen LogP contribution in [0.1, 0.15) is 25.3 Å². The van der Waals surface area contributed by atoms with Crippen molar-refractivity contribution in [2.24, 2.45) is 11.7 Å². The lowest BCUT2D eigenvalue weighted by atomic mass is 10.1. The molecule has 0 spiro atoms. The Morgan fingerprint density at radius 1 is 1.32 bits per heavy atom. The minimum absolute atomic E-state index is 0. The number of carbonyl (C=O) groups is 1. The number of likely N-dealkylation sites (N-methyl/N-ethyl adjacent to an activating group) is 2. The van der Waals surface area contributed by atoms with Gasteiger partial charge in [0.2, 0.25) is 5.91 Å². The quantitative estimate of drug-likeness (QED) is 0.796. The number of hydrogen-bond acceptors (Lipinski definition) is 3. The van der Waals surface area contributed by atoms with E-state index in [1.807, 2.05) is 37.1 Å². The van der Waals surface area contributed by atoms with Gasteiger partial charge in [0.15, 0.2) is 0 Å². The minimum atomic E-state index is 0. The first kappa shape index (κ1) is 18.9. The molecule has 22 heavy (non-hydrogen) atoms. The van der Waals surface area contributed by atoms with Crippen LogP contribution in [0.25, 0.3) is 0 Å². The zero-order chi connectivity index (χ0) is 15.2. The van der Waals surface area contributed by atoms with E-state index in [2.05, 4.69) is 17.0 Å². The Balaban J connectivity index is 0.00000242. The molecule has 124 valence electrons. The summed E-state index contributed by atoms with van der Waals surface area (Å²) in [5.41, 5.74) is 7.03. The van der Waals surface area contributed by atoms with Crippen molar-refractivity contribution in [1.29, 1.82) is 0 Å². The van der Waals surface area contributed by atoms with Crippen molar-refractivity contribution in [3.05, 3.63) is 35.9 Å². The fourth-order valence-electron chi connectivity index (χ4n) is 2.82. The summed E-state index contributed by atoms with van der Waals surface area (Å²) in [7, 11) is 2.02. The van der Waals surface area contributed by atoms with E-state index < -0.39 is 0 Å². The van der Waals surface area contributed by atoms with Gasteiger partial charge in [0.1, 0.15) is 0 Å². The van der Waals surface area contributed by atoms with E-state index in [4.69, 9.17) is 5.73 Å². The van der Waals surface area contributed by atoms with Crippen molar-refractivity contribution >= 4 is 18.3 Å². The standard InChI is InChI=1S/C17H27N3O.ClH/c1-3-20(12-14-7-5-4-6-8-14)17(21)13-19(2)16(11-18)15-9-10-15;/h4-8,15-16H,3,9-13,18H2,1-2H3;1H. The molecule has 0 aliphatic heterocycles. The lowest BCUT2D eigenvalue weighted by Crippen LogP contribution is -2.46. The van der Waals surface area contributed by atoms with E-state index in [9.17, 15) is 4.79 Å². The molecule has 4 nitrogen and oxygen atoms in total. The maximum absolute atomic E-state index is 12.5. The zero-order valence-electron chi connectivity index (χ0n) is 13.6. The third-order valence-corrected chi connectivity index (χ3v) is 4.31. The molecule has 1 atom stereocenters. The number of halogens is 1. The average Bonchev–Trinajstić information content (AvgIpc) is 3.31. The van der Waals surface area contributed by atoms with Crippen molar-refractivity contribution < 1.29 is 4.79 Å². The number of amides is 1. The molecule has 1 aromatic carbocycles. The molecule has 0 heterocycles. The van der Waals surface area contributed by atoms with Gasteiger partial charge in [-0.05, 0) is 38.3 Å². The van der Waals surface area contributed by atoms with Crippen LogP contribution >= 0.6 is 12.4 Å². The van der Waals surface area contributed by atoms with E-state index in [1.165, 1.54) is 18.4 Å². The SMILES string of the molecule is CCN(Cc1ccccc1)C(=O)CN(C)C(CN)C1CC1.Cl. The molecule has 0 bridgehead atoms. The van der Waals surface area contributed by atoms with Crippen LogP contribution in [-0.4, -0.2) is 48.4 Å². The summed E-state index contributed by atoms with van der Waals surface area (Å²) < 4.78 is 0. The Bertz CT molecular complexity index is 450. The molecule has 1 fully saturated rings. The third-order valence-electron chi connectivity index (χ3n) is 4.31. The highest BCUT2D eigenvalue weighted by Gasteiger charge is 2.33. The molecule has 1 unspecified atom stereocenters. The first-order chi connectivity index (χ1) is 10.2. The summed E-state index contributed by atoms with van der Waals surface area (Å²) in [6.07, 6.45) is 2.50. The summed E-state index contributed by atoms with van der Waals surface area (Å²) in [4.78, 5) is 16.5. The third kappa shape index (κ3) is 5.27. The first-order valence-corrected chi connectivity index (χ1v) is 7.87. The van der Waals surface area contributed by atoms with Crippen LogP contribution in [-0.2, 0) is 11.3 Å². The van der Waals surface area contributed by atoms with E-state index in [-0.39, 0.29) is 18.3 Å². The Morgan fingerprint density at radius 3 is 2.45 bits per heavy atom. The van der Waals surface area contributed by atoms with Crippen LogP contribution in [0.4, 0.5) is 0 Å². The van der Waals surface area contributed by atoms with Gasteiger partial charge in [-0.25, -0.2) is 0 Å². The molecular formula is C17H28ClN3O. The van der Waals surface area contributed by atoms with Crippen LogP contribution in [0.5, 0.6) is 0 Å². The zero-order valence-corrected chi connectivity index (χ0v) is 14.4. The number of rotatable bonds is 8. The van der Waals surface area contributed by atoms with Crippen molar-refractivity contribution in [2.75, 3.05) is 26.7 Å². The summed E-state index contributed by atoms with van der Waals surface area (Å²) in [5, 5.41) is 0. The molecule has 2 N–H and O–H groups in total. The normalized spacial score (nSPS) is 15.3. The number of hydrogen-bond donors (Lipinski definition) is 1. The largest absolute Gasteiger partial charge is 0.338 e. The van der Waals surface area contributed by atoms with Crippen LogP contribution in [0.15, 0.2) is 30.3 Å². The maximum atomic E-state index is 12.5. The summed E-state index contributed by atoms with van der Waals surface area (Å²) in [6.45, 7) is 4.54. The second kappa shape index (κ2) is 9.13.